The Balaban J connectivity index is 1.57. The first kappa shape index (κ1) is 20.0. The first-order valence-electron chi connectivity index (χ1n) is 10.9. The van der Waals surface area contributed by atoms with E-state index in [4.69, 9.17) is 4.74 Å². The molecule has 0 N–H and O–H groups in total. The van der Waals surface area contributed by atoms with Crippen LogP contribution in [0.1, 0.15) is 57.4 Å². The number of benzene rings is 1. The summed E-state index contributed by atoms with van der Waals surface area (Å²) in [6.07, 6.45) is 10.6. The molecule has 0 radical (unpaired) electrons. The van der Waals surface area contributed by atoms with Crippen molar-refractivity contribution in [3.8, 4) is 5.75 Å². The zero-order valence-corrected chi connectivity index (χ0v) is 17.6. The first-order valence-corrected chi connectivity index (χ1v) is 10.9. The van der Waals surface area contributed by atoms with Gasteiger partial charge in [-0.05, 0) is 51.0 Å². The maximum Gasteiger partial charge on any atom is 0.226 e. The third-order valence-corrected chi connectivity index (χ3v) is 6.98. The molecule has 5 nitrogen and oxygen atoms in total. The zero-order chi connectivity index (χ0) is 20.4. The molecule has 1 fully saturated rings. The lowest BCUT2D eigenvalue weighted by Crippen LogP contribution is -2.53. The van der Waals surface area contributed by atoms with Gasteiger partial charge in [-0.3, -0.25) is 9.59 Å². The van der Waals surface area contributed by atoms with E-state index in [0.29, 0.717) is 13.1 Å². The molecule has 0 bridgehead atoms. The van der Waals surface area contributed by atoms with Gasteiger partial charge in [-0.25, -0.2) is 0 Å². The van der Waals surface area contributed by atoms with Crippen molar-refractivity contribution < 1.29 is 14.3 Å². The molecule has 3 aliphatic rings. The van der Waals surface area contributed by atoms with Crippen molar-refractivity contribution in [1.29, 1.82) is 0 Å². The number of rotatable bonds is 2. The number of amides is 2. The molecule has 2 amide bonds. The molecular formula is C24H32N2O3. The molecule has 1 aliphatic heterocycles. The van der Waals surface area contributed by atoms with E-state index in [1.54, 1.807) is 6.92 Å². The number of fused-ring (bicyclic) bond motifs is 1. The van der Waals surface area contributed by atoms with Crippen molar-refractivity contribution in [3.63, 3.8) is 0 Å². The van der Waals surface area contributed by atoms with Gasteiger partial charge in [0.1, 0.15) is 11.4 Å². The molecule has 1 atom stereocenters. The molecule has 1 spiro atoms. The molecule has 29 heavy (non-hydrogen) atoms. The topological polar surface area (TPSA) is 49.9 Å². The number of carbonyl (C=O) groups excluding carboxylic acids is 2. The summed E-state index contributed by atoms with van der Waals surface area (Å²) in [6, 6.07) is 8.39. The number of ether oxygens (including phenoxy) is 1. The smallest absolute Gasteiger partial charge is 0.226 e. The summed E-state index contributed by atoms with van der Waals surface area (Å²) in [7, 11) is 1.89. The van der Waals surface area contributed by atoms with Crippen LogP contribution in [-0.4, -0.2) is 46.8 Å². The minimum absolute atomic E-state index is 0.0856. The fourth-order valence-electron chi connectivity index (χ4n) is 5.07. The third kappa shape index (κ3) is 4.19. The quantitative estimate of drug-likeness (QED) is 0.712. The summed E-state index contributed by atoms with van der Waals surface area (Å²) in [6.45, 7) is 2.88. The minimum Gasteiger partial charge on any atom is -0.485 e. The lowest BCUT2D eigenvalue weighted by Gasteiger charge is -2.43. The van der Waals surface area contributed by atoms with E-state index >= 15 is 0 Å². The third-order valence-electron chi connectivity index (χ3n) is 6.98. The van der Waals surface area contributed by atoms with Gasteiger partial charge in [0.15, 0.2) is 0 Å². The highest BCUT2D eigenvalue weighted by atomic mass is 16.5. The SMILES string of the molecule is CC(=O)N(C)C1CCC2(CC1)CN(C(=O)[C@@H]1CC=CCC1)Cc1ccccc1O2. The molecule has 2 aliphatic carbocycles. The van der Waals surface area contributed by atoms with Crippen molar-refractivity contribution in [2.24, 2.45) is 5.92 Å². The Morgan fingerprint density at radius 1 is 1.14 bits per heavy atom. The highest BCUT2D eigenvalue weighted by Crippen LogP contribution is 2.40. The van der Waals surface area contributed by atoms with Gasteiger partial charge in [-0.1, -0.05) is 30.4 Å². The number of para-hydroxylation sites is 1. The van der Waals surface area contributed by atoms with Crippen LogP contribution in [0.15, 0.2) is 36.4 Å². The Kier molecular flexibility index (Phi) is 5.66. The molecule has 4 rings (SSSR count). The Bertz CT molecular complexity index is 795. The van der Waals surface area contributed by atoms with Crippen molar-refractivity contribution in [1.82, 2.24) is 9.80 Å². The molecule has 1 saturated carbocycles. The predicted molar refractivity (Wildman–Crippen MR) is 112 cm³/mol. The van der Waals surface area contributed by atoms with Crippen molar-refractivity contribution in [2.45, 2.75) is 70.1 Å². The maximum absolute atomic E-state index is 13.4. The molecule has 1 aromatic carbocycles. The summed E-state index contributed by atoms with van der Waals surface area (Å²) < 4.78 is 6.63. The van der Waals surface area contributed by atoms with E-state index in [1.807, 2.05) is 35.0 Å². The van der Waals surface area contributed by atoms with Gasteiger partial charge in [-0.15, -0.1) is 0 Å². The van der Waals surface area contributed by atoms with Crippen LogP contribution >= 0.6 is 0 Å². The predicted octanol–water partition coefficient (Wildman–Crippen LogP) is 3.92. The molecule has 0 saturated heterocycles. The molecule has 1 heterocycles. The van der Waals surface area contributed by atoms with E-state index in [-0.39, 0.29) is 29.4 Å². The number of carbonyl (C=O) groups is 2. The summed E-state index contributed by atoms with van der Waals surface area (Å²) in [4.78, 5) is 29.1. The number of allylic oxidation sites excluding steroid dienone is 2. The number of nitrogens with zero attached hydrogens (tertiary/aromatic N) is 2. The molecule has 156 valence electrons. The van der Waals surface area contributed by atoms with Crippen molar-refractivity contribution in [2.75, 3.05) is 13.6 Å². The highest BCUT2D eigenvalue weighted by Gasteiger charge is 2.43. The average Bonchev–Trinajstić information content (AvgIpc) is 2.90. The summed E-state index contributed by atoms with van der Waals surface area (Å²) >= 11 is 0. The standard InChI is InChI=1S/C24H32N2O3/c1-18(27)25(2)21-12-14-24(15-13-21)17-26(23(28)19-8-4-3-5-9-19)16-20-10-6-7-11-22(20)29-24/h3-4,6-7,10-11,19,21H,5,8-9,12-17H2,1-2H3/t19-,21?,24?/m1/s1. The first-order chi connectivity index (χ1) is 14.0. The van der Waals surface area contributed by atoms with Gasteiger partial charge in [0.05, 0.1) is 6.54 Å². The fraction of sp³-hybridized carbons (Fsp3) is 0.583. The van der Waals surface area contributed by atoms with Crippen LogP contribution in [0.25, 0.3) is 0 Å². The van der Waals surface area contributed by atoms with Crippen LogP contribution in [-0.2, 0) is 16.1 Å². The summed E-state index contributed by atoms with van der Waals surface area (Å²) in [5.74, 6) is 1.37. The van der Waals surface area contributed by atoms with Gasteiger partial charge >= 0.3 is 0 Å². The van der Waals surface area contributed by atoms with E-state index in [0.717, 1.165) is 56.3 Å². The second-order valence-corrected chi connectivity index (χ2v) is 8.93. The number of hydrogen-bond donors (Lipinski definition) is 0. The van der Waals surface area contributed by atoms with Gasteiger partial charge in [0, 0.05) is 38.0 Å². The van der Waals surface area contributed by atoms with Gasteiger partial charge in [0.25, 0.3) is 0 Å². The highest BCUT2D eigenvalue weighted by molar-refractivity contribution is 5.79. The van der Waals surface area contributed by atoms with Crippen molar-refractivity contribution in [3.05, 3.63) is 42.0 Å². The zero-order valence-electron chi connectivity index (χ0n) is 17.6. The maximum atomic E-state index is 13.4. The Hall–Kier alpha value is -2.30. The monoisotopic (exact) mass is 396 g/mol. The van der Waals surface area contributed by atoms with Gasteiger partial charge in [-0.2, -0.15) is 0 Å². The van der Waals surface area contributed by atoms with Crippen LogP contribution in [0.2, 0.25) is 0 Å². The Morgan fingerprint density at radius 3 is 2.59 bits per heavy atom. The molecule has 0 unspecified atom stereocenters. The van der Waals surface area contributed by atoms with Gasteiger partial charge in [0.2, 0.25) is 11.8 Å². The second kappa shape index (κ2) is 8.21. The van der Waals surface area contributed by atoms with Crippen LogP contribution in [0, 0.1) is 5.92 Å². The minimum atomic E-state index is -0.360. The van der Waals surface area contributed by atoms with Crippen LogP contribution < -0.4 is 4.74 Å². The van der Waals surface area contributed by atoms with E-state index in [2.05, 4.69) is 18.2 Å². The van der Waals surface area contributed by atoms with Gasteiger partial charge < -0.3 is 14.5 Å². The average molecular weight is 397 g/mol. The van der Waals surface area contributed by atoms with E-state index < -0.39 is 0 Å². The van der Waals surface area contributed by atoms with E-state index in [1.165, 1.54) is 0 Å². The summed E-state index contributed by atoms with van der Waals surface area (Å²) in [5.41, 5.74) is 0.730. The summed E-state index contributed by atoms with van der Waals surface area (Å²) in [5, 5.41) is 0. The molecule has 1 aromatic rings. The molecule has 5 heteroatoms. The van der Waals surface area contributed by atoms with Crippen LogP contribution in [0.3, 0.4) is 0 Å². The molecule has 0 aromatic heterocycles. The lowest BCUT2D eigenvalue weighted by atomic mass is 9.80. The lowest BCUT2D eigenvalue weighted by molar-refractivity contribution is -0.140. The Labute approximate surface area is 173 Å². The van der Waals surface area contributed by atoms with Crippen molar-refractivity contribution >= 4 is 11.8 Å². The van der Waals surface area contributed by atoms with E-state index in [9.17, 15) is 9.59 Å². The number of hydrogen-bond acceptors (Lipinski definition) is 3. The normalized spacial score (nSPS) is 29.0. The van der Waals surface area contributed by atoms with Crippen LogP contribution in [0.5, 0.6) is 5.75 Å². The fourth-order valence-corrected chi connectivity index (χ4v) is 5.07. The Morgan fingerprint density at radius 2 is 1.90 bits per heavy atom. The van der Waals surface area contributed by atoms with Crippen LogP contribution in [0.4, 0.5) is 0 Å². The largest absolute Gasteiger partial charge is 0.485 e. The molecular weight excluding hydrogens is 364 g/mol. The second-order valence-electron chi connectivity index (χ2n) is 8.93.